The summed E-state index contributed by atoms with van der Waals surface area (Å²) in [5, 5.41) is 5.77. The number of urea groups is 1. The molecule has 0 bridgehead atoms. The standard InChI is InChI=1S/C22H27N3O3/c1-16-8-9-20(17(2)12-16)28-15-21(26)23-14-18-6-5-7-19(13-18)24-22(27)25-10-3-4-11-25/h5-9,12-13H,3-4,10-11,14-15H2,1-2H3,(H,23,26)(H,24,27). The molecule has 0 atom stereocenters. The molecule has 3 amide bonds. The van der Waals surface area contributed by atoms with E-state index in [2.05, 4.69) is 10.6 Å². The monoisotopic (exact) mass is 381 g/mol. The van der Waals surface area contributed by atoms with Gasteiger partial charge < -0.3 is 20.3 Å². The summed E-state index contributed by atoms with van der Waals surface area (Å²) < 4.78 is 5.60. The summed E-state index contributed by atoms with van der Waals surface area (Å²) in [7, 11) is 0. The van der Waals surface area contributed by atoms with Crippen LogP contribution in [0.5, 0.6) is 5.75 Å². The number of likely N-dealkylation sites (tertiary alicyclic amines) is 1. The molecule has 1 heterocycles. The first-order valence-corrected chi connectivity index (χ1v) is 9.63. The zero-order valence-corrected chi connectivity index (χ0v) is 16.5. The zero-order valence-electron chi connectivity index (χ0n) is 16.5. The molecule has 0 aliphatic carbocycles. The Kier molecular flexibility index (Phi) is 6.53. The number of hydrogen-bond donors (Lipinski definition) is 2. The Bertz CT molecular complexity index is 845. The van der Waals surface area contributed by atoms with Crippen LogP contribution in [0.3, 0.4) is 0 Å². The average Bonchev–Trinajstić information content (AvgIpc) is 3.21. The van der Waals surface area contributed by atoms with Crippen molar-refractivity contribution in [2.45, 2.75) is 33.2 Å². The molecule has 0 radical (unpaired) electrons. The second kappa shape index (κ2) is 9.26. The first kappa shape index (κ1) is 19.7. The molecule has 2 N–H and O–H groups in total. The predicted molar refractivity (Wildman–Crippen MR) is 110 cm³/mol. The molecule has 1 aliphatic heterocycles. The summed E-state index contributed by atoms with van der Waals surface area (Å²) in [4.78, 5) is 26.1. The highest BCUT2D eigenvalue weighted by molar-refractivity contribution is 5.89. The minimum atomic E-state index is -0.188. The van der Waals surface area contributed by atoms with Crippen LogP contribution in [0.4, 0.5) is 10.5 Å². The normalized spacial score (nSPS) is 13.3. The van der Waals surface area contributed by atoms with Gasteiger partial charge >= 0.3 is 6.03 Å². The highest BCUT2D eigenvalue weighted by Gasteiger charge is 2.17. The molecule has 28 heavy (non-hydrogen) atoms. The molecule has 6 heteroatoms. The second-order valence-corrected chi connectivity index (χ2v) is 7.16. The van der Waals surface area contributed by atoms with Crippen molar-refractivity contribution in [1.82, 2.24) is 10.2 Å². The van der Waals surface area contributed by atoms with Gasteiger partial charge in [-0.25, -0.2) is 4.79 Å². The smallest absolute Gasteiger partial charge is 0.321 e. The van der Waals surface area contributed by atoms with Crippen molar-refractivity contribution in [2.24, 2.45) is 0 Å². The van der Waals surface area contributed by atoms with E-state index in [9.17, 15) is 9.59 Å². The molecule has 1 fully saturated rings. The molecule has 0 saturated carbocycles. The lowest BCUT2D eigenvalue weighted by molar-refractivity contribution is -0.123. The third kappa shape index (κ3) is 5.49. The van der Waals surface area contributed by atoms with E-state index in [-0.39, 0.29) is 18.5 Å². The van der Waals surface area contributed by atoms with Crippen molar-refractivity contribution in [3.63, 3.8) is 0 Å². The molecule has 148 valence electrons. The van der Waals surface area contributed by atoms with Crippen molar-refractivity contribution in [3.05, 3.63) is 59.2 Å². The Labute approximate surface area is 165 Å². The fraction of sp³-hybridized carbons (Fsp3) is 0.364. The molecule has 0 aromatic heterocycles. The van der Waals surface area contributed by atoms with E-state index in [1.54, 1.807) is 0 Å². The number of carbonyl (C=O) groups excluding carboxylic acids is 2. The van der Waals surface area contributed by atoms with Crippen LogP contribution in [0.15, 0.2) is 42.5 Å². The van der Waals surface area contributed by atoms with Crippen LogP contribution in [-0.2, 0) is 11.3 Å². The maximum atomic E-state index is 12.2. The fourth-order valence-corrected chi connectivity index (χ4v) is 3.24. The van der Waals surface area contributed by atoms with E-state index in [4.69, 9.17) is 4.74 Å². The fourth-order valence-electron chi connectivity index (χ4n) is 3.24. The summed E-state index contributed by atoms with van der Waals surface area (Å²) in [5.41, 5.74) is 3.81. The van der Waals surface area contributed by atoms with Gasteiger partial charge in [-0.3, -0.25) is 4.79 Å². The number of carbonyl (C=O) groups is 2. The number of anilines is 1. The largest absolute Gasteiger partial charge is 0.484 e. The van der Waals surface area contributed by atoms with Gasteiger partial charge in [0.1, 0.15) is 5.75 Å². The lowest BCUT2D eigenvalue weighted by Gasteiger charge is -2.16. The van der Waals surface area contributed by atoms with E-state index in [0.717, 1.165) is 48.3 Å². The van der Waals surface area contributed by atoms with E-state index in [1.807, 2.05) is 61.2 Å². The number of nitrogens with zero attached hydrogens (tertiary/aromatic N) is 1. The number of rotatable bonds is 6. The van der Waals surface area contributed by atoms with Crippen LogP contribution in [0.2, 0.25) is 0 Å². The third-order valence-electron chi connectivity index (χ3n) is 4.75. The zero-order chi connectivity index (χ0) is 19.9. The molecule has 0 spiro atoms. The summed E-state index contributed by atoms with van der Waals surface area (Å²) in [6, 6.07) is 13.3. The average molecular weight is 381 g/mol. The van der Waals surface area contributed by atoms with Crippen molar-refractivity contribution in [2.75, 3.05) is 25.0 Å². The van der Waals surface area contributed by atoms with Crippen LogP contribution in [0.25, 0.3) is 0 Å². The highest BCUT2D eigenvalue weighted by Crippen LogP contribution is 2.18. The maximum absolute atomic E-state index is 12.2. The number of aryl methyl sites for hydroxylation is 2. The van der Waals surface area contributed by atoms with Gasteiger partial charge in [-0.15, -0.1) is 0 Å². The predicted octanol–water partition coefficient (Wildman–Crippen LogP) is 3.63. The van der Waals surface area contributed by atoms with Crippen LogP contribution < -0.4 is 15.4 Å². The van der Waals surface area contributed by atoms with Crippen LogP contribution >= 0.6 is 0 Å². The minimum absolute atomic E-state index is 0.0325. The Morgan fingerprint density at radius 1 is 1.07 bits per heavy atom. The van der Waals surface area contributed by atoms with Gasteiger partial charge in [0.25, 0.3) is 5.91 Å². The summed E-state index contributed by atoms with van der Waals surface area (Å²) in [6.45, 7) is 5.94. The van der Waals surface area contributed by atoms with Crippen LogP contribution in [0.1, 0.15) is 29.5 Å². The lowest BCUT2D eigenvalue weighted by Crippen LogP contribution is -2.32. The van der Waals surface area contributed by atoms with Crippen molar-refractivity contribution < 1.29 is 14.3 Å². The van der Waals surface area contributed by atoms with Crippen LogP contribution in [0, 0.1) is 13.8 Å². The Morgan fingerprint density at radius 3 is 2.61 bits per heavy atom. The van der Waals surface area contributed by atoms with Gasteiger partial charge in [-0.1, -0.05) is 29.8 Å². The quantitative estimate of drug-likeness (QED) is 0.803. The summed E-state index contributed by atoms with van der Waals surface area (Å²) in [6.07, 6.45) is 2.12. The first-order valence-electron chi connectivity index (χ1n) is 9.63. The Balaban J connectivity index is 1.47. The van der Waals surface area contributed by atoms with Gasteiger partial charge in [-0.2, -0.15) is 0 Å². The summed E-state index contributed by atoms with van der Waals surface area (Å²) >= 11 is 0. The third-order valence-corrected chi connectivity index (χ3v) is 4.75. The molecular formula is C22H27N3O3. The van der Waals surface area contributed by atoms with E-state index in [0.29, 0.717) is 12.3 Å². The molecule has 2 aromatic carbocycles. The lowest BCUT2D eigenvalue weighted by atomic mass is 10.1. The minimum Gasteiger partial charge on any atom is -0.484 e. The molecule has 2 aromatic rings. The second-order valence-electron chi connectivity index (χ2n) is 7.16. The molecule has 6 nitrogen and oxygen atoms in total. The molecule has 3 rings (SSSR count). The number of nitrogens with one attached hydrogen (secondary N) is 2. The summed E-state index contributed by atoms with van der Waals surface area (Å²) in [5.74, 6) is 0.527. The van der Waals surface area contributed by atoms with Gasteiger partial charge in [0.05, 0.1) is 0 Å². The topological polar surface area (TPSA) is 70.7 Å². The molecule has 1 aliphatic rings. The van der Waals surface area contributed by atoms with Gasteiger partial charge in [0.2, 0.25) is 0 Å². The first-order chi connectivity index (χ1) is 13.5. The van der Waals surface area contributed by atoms with Gasteiger partial charge in [-0.05, 0) is 56.0 Å². The van der Waals surface area contributed by atoms with Gasteiger partial charge in [0.15, 0.2) is 6.61 Å². The Hall–Kier alpha value is -3.02. The van der Waals surface area contributed by atoms with E-state index < -0.39 is 0 Å². The molecular weight excluding hydrogens is 354 g/mol. The highest BCUT2D eigenvalue weighted by atomic mass is 16.5. The van der Waals surface area contributed by atoms with Gasteiger partial charge in [0, 0.05) is 25.3 Å². The maximum Gasteiger partial charge on any atom is 0.321 e. The van der Waals surface area contributed by atoms with E-state index in [1.165, 1.54) is 0 Å². The number of hydrogen-bond acceptors (Lipinski definition) is 3. The number of amides is 3. The molecule has 0 unspecified atom stereocenters. The van der Waals surface area contributed by atoms with Crippen molar-refractivity contribution in [1.29, 1.82) is 0 Å². The van der Waals surface area contributed by atoms with Crippen molar-refractivity contribution >= 4 is 17.6 Å². The van der Waals surface area contributed by atoms with Crippen molar-refractivity contribution in [3.8, 4) is 5.75 Å². The molecule has 1 saturated heterocycles. The number of benzene rings is 2. The Morgan fingerprint density at radius 2 is 1.86 bits per heavy atom. The van der Waals surface area contributed by atoms with E-state index >= 15 is 0 Å². The number of ether oxygens (including phenoxy) is 1. The SMILES string of the molecule is Cc1ccc(OCC(=O)NCc2cccc(NC(=O)N3CCCC3)c2)c(C)c1. The van der Waals surface area contributed by atoms with Crippen LogP contribution in [-0.4, -0.2) is 36.5 Å².